The first-order valence-electron chi connectivity index (χ1n) is 4.00. The summed E-state index contributed by atoms with van der Waals surface area (Å²) in [6.45, 7) is 2.03. The molecule has 0 saturated carbocycles. The molecule has 0 saturated heterocycles. The van der Waals surface area contributed by atoms with Crippen LogP contribution in [0.5, 0.6) is 0 Å². The average molecular weight is 316 g/mol. The van der Waals surface area contributed by atoms with Crippen molar-refractivity contribution in [2.24, 2.45) is 5.73 Å². The van der Waals surface area contributed by atoms with E-state index in [9.17, 15) is 0 Å². The summed E-state index contributed by atoms with van der Waals surface area (Å²) >= 11 is 0.734. The Morgan fingerprint density at radius 2 is 2.25 bits per heavy atom. The van der Waals surface area contributed by atoms with Gasteiger partial charge in [-0.15, -0.1) is 0 Å². The molecule has 0 aliphatic rings. The molecular weight excluding hydrogens is 300 g/mol. The Labute approximate surface area is 93.4 Å². The Bertz CT molecular complexity index is 107. The molecule has 0 rings (SSSR count). The van der Waals surface area contributed by atoms with E-state index in [0.29, 0.717) is 11.5 Å². The molecule has 2 radical (unpaired) electrons. The van der Waals surface area contributed by atoms with E-state index in [-0.39, 0.29) is 0 Å². The van der Waals surface area contributed by atoms with E-state index in [1.165, 1.54) is 0 Å². The predicted molar refractivity (Wildman–Crippen MR) is 57.5 cm³/mol. The zero-order valence-corrected chi connectivity index (χ0v) is 12.0. The van der Waals surface area contributed by atoms with E-state index in [1.807, 2.05) is 6.92 Å². The summed E-state index contributed by atoms with van der Waals surface area (Å²) in [4.78, 5) is 0. The van der Waals surface area contributed by atoms with Crippen molar-refractivity contribution < 1.29 is 3.07 Å². The van der Waals surface area contributed by atoms with Crippen molar-refractivity contribution >= 4 is 41.1 Å². The Kier molecular flexibility index (Phi) is 9.95. The van der Waals surface area contributed by atoms with Gasteiger partial charge in [0.1, 0.15) is 0 Å². The molecule has 0 amide bonds. The number of thioether (sulfide) groups is 1. The molecule has 0 aromatic heterocycles. The summed E-state index contributed by atoms with van der Waals surface area (Å²) in [7, 11) is 5.63. The fraction of sp³-hybridized carbons (Fsp3) is 1.00. The van der Waals surface area contributed by atoms with Crippen molar-refractivity contribution in [1.29, 1.82) is 0 Å². The van der Waals surface area contributed by atoms with Crippen LogP contribution >= 0.6 is 20.7 Å². The number of halogens is 1. The third kappa shape index (κ3) is 7.98. The molecule has 0 bridgehead atoms. The van der Waals surface area contributed by atoms with Crippen LogP contribution in [0.2, 0.25) is 0 Å². The first kappa shape index (κ1) is 13.4. The van der Waals surface area contributed by atoms with Gasteiger partial charge < -0.3 is 0 Å². The van der Waals surface area contributed by atoms with E-state index in [1.54, 1.807) is 11.8 Å². The van der Waals surface area contributed by atoms with Crippen LogP contribution in [0.25, 0.3) is 0 Å². The Balaban J connectivity index is 3.31. The standard InChI is InChI=1S/C7H16NOS.ClH.Sn/c1-6(8)4-3-5-7(9)10-2;;/h6-7H,3-5,8H2,1-2H3;1H;/q-1;;+2/p-1. The number of rotatable bonds is 7. The van der Waals surface area contributed by atoms with Crippen LogP contribution in [-0.4, -0.2) is 38.2 Å². The first-order valence-corrected chi connectivity index (χ1v) is 10.1. The fourth-order valence-electron chi connectivity index (χ4n) is 0.881. The van der Waals surface area contributed by atoms with Gasteiger partial charge in [-0.1, -0.05) is 0 Å². The van der Waals surface area contributed by atoms with Gasteiger partial charge >= 0.3 is 93.8 Å². The summed E-state index contributed by atoms with van der Waals surface area (Å²) in [5, 5.41) is 0. The summed E-state index contributed by atoms with van der Waals surface area (Å²) in [6.07, 6.45) is 5.35. The maximum atomic E-state index is 5.63. The molecule has 2 N–H and O–H groups in total. The van der Waals surface area contributed by atoms with Crippen molar-refractivity contribution in [2.45, 2.75) is 37.7 Å². The summed E-state index contributed by atoms with van der Waals surface area (Å²) in [5.74, 6) is 0. The van der Waals surface area contributed by atoms with Crippen LogP contribution < -0.4 is 5.73 Å². The molecular formula is C7H16ClNOSSn. The molecule has 0 aliphatic carbocycles. The minimum absolute atomic E-state index is 0.309. The quantitative estimate of drug-likeness (QED) is 0.576. The SMILES string of the molecule is CSC(CCCC(C)N)[O][Sn][Cl]. The van der Waals surface area contributed by atoms with Crippen LogP contribution in [0.3, 0.4) is 0 Å². The molecule has 0 aliphatic heterocycles. The maximum absolute atomic E-state index is 5.63. The van der Waals surface area contributed by atoms with Crippen molar-refractivity contribution in [3.8, 4) is 0 Å². The van der Waals surface area contributed by atoms with E-state index in [2.05, 4.69) is 6.26 Å². The third-order valence-corrected chi connectivity index (χ3v) is 4.55. The molecule has 5 heteroatoms. The molecule has 2 nitrogen and oxygen atoms in total. The van der Waals surface area contributed by atoms with Crippen LogP contribution in [-0.2, 0) is 3.07 Å². The van der Waals surface area contributed by atoms with Gasteiger partial charge in [-0.3, -0.25) is 0 Å². The van der Waals surface area contributed by atoms with Crippen LogP contribution in [0.15, 0.2) is 0 Å². The molecule has 0 fully saturated rings. The normalized spacial score (nSPS) is 16.0. The van der Waals surface area contributed by atoms with Crippen molar-refractivity contribution in [2.75, 3.05) is 6.26 Å². The number of hydrogen-bond donors (Lipinski definition) is 1. The Morgan fingerprint density at radius 3 is 2.67 bits per heavy atom. The van der Waals surface area contributed by atoms with Crippen LogP contribution in [0, 0.1) is 0 Å². The average Bonchev–Trinajstić information content (AvgIpc) is 2.02. The second kappa shape index (κ2) is 8.94. The van der Waals surface area contributed by atoms with Crippen molar-refractivity contribution in [1.82, 2.24) is 0 Å². The van der Waals surface area contributed by atoms with E-state index in [4.69, 9.17) is 17.7 Å². The van der Waals surface area contributed by atoms with Gasteiger partial charge in [-0.2, -0.15) is 0 Å². The van der Waals surface area contributed by atoms with Gasteiger partial charge in [-0.05, 0) is 0 Å². The van der Waals surface area contributed by atoms with Crippen molar-refractivity contribution in [3.05, 3.63) is 0 Å². The molecule has 12 heavy (non-hydrogen) atoms. The number of hydrogen-bond acceptors (Lipinski definition) is 3. The third-order valence-electron chi connectivity index (χ3n) is 1.54. The van der Waals surface area contributed by atoms with Gasteiger partial charge in [0.05, 0.1) is 0 Å². The molecule has 0 aromatic carbocycles. The Morgan fingerprint density at radius 1 is 1.58 bits per heavy atom. The molecule has 2 atom stereocenters. The summed E-state index contributed by atoms with van der Waals surface area (Å²) < 4.78 is 5.43. The van der Waals surface area contributed by atoms with Crippen LogP contribution in [0.4, 0.5) is 0 Å². The molecule has 0 spiro atoms. The van der Waals surface area contributed by atoms with Gasteiger partial charge in [0.2, 0.25) is 0 Å². The number of nitrogens with two attached hydrogens (primary N) is 1. The van der Waals surface area contributed by atoms with Crippen LogP contribution in [0.1, 0.15) is 26.2 Å². The molecule has 0 aromatic rings. The zero-order chi connectivity index (χ0) is 9.40. The molecule has 0 heterocycles. The molecule has 72 valence electrons. The van der Waals surface area contributed by atoms with E-state index >= 15 is 0 Å². The van der Waals surface area contributed by atoms with Gasteiger partial charge in [0.25, 0.3) is 0 Å². The monoisotopic (exact) mass is 317 g/mol. The van der Waals surface area contributed by atoms with E-state index < -0.39 is 20.4 Å². The van der Waals surface area contributed by atoms with Gasteiger partial charge in [0, 0.05) is 0 Å². The van der Waals surface area contributed by atoms with Gasteiger partial charge in [0.15, 0.2) is 0 Å². The first-order chi connectivity index (χ1) is 5.70. The second-order valence-electron chi connectivity index (χ2n) is 2.77. The second-order valence-corrected chi connectivity index (χ2v) is 5.91. The molecule has 2 unspecified atom stereocenters. The predicted octanol–water partition coefficient (Wildman–Crippen LogP) is 1.98. The topological polar surface area (TPSA) is 35.2 Å². The minimum atomic E-state index is -1.01. The van der Waals surface area contributed by atoms with Crippen molar-refractivity contribution in [3.63, 3.8) is 0 Å². The Hall–Kier alpha value is 1.36. The summed E-state index contributed by atoms with van der Waals surface area (Å²) in [6, 6.07) is 0.309. The van der Waals surface area contributed by atoms with Gasteiger partial charge in [-0.25, -0.2) is 0 Å². The fourth-order valence-corrected chi connectivity index (χ4v) is 4.22. The zero-order valence-electron chi connectivity index (χ0n) is 7.55. The summed E-state index contributed by atoms with van der Waals surface area (Å²) in [5.41, 5.74) is 5.94. The van der Waals surface area contributed by atoms with E-state index in [0.717, 1.165) is 19.3 Å².